The first kappa shape index (κ1) is 18.8. The van der Waals surface area contributed by atoms with Crippen LogP contribution in [0.25, 0.3) is 5.69 Å². The molecule has 0 atom stereocenters. The maximum atomic E-state index is 13.1. The molecule has 0 unspecified atom stereocenters. The molecule has 2 aromatic heterocycles. The fourth-order valence-corrected chi connectivity index (χ4v) is 2.72. The summed E-state index contributed by atoms with van der Waals surface area (Å²) in [6.45, 7) is 0.580. The number of halogens is 1. The van der Waals surface area contributed by atoms with Crippen LogP contribution in [-0.4, -0.2) is 27.2 Å². The minimum atomic E-state index is -0.593. The Morgan fingerprint density at radius 3 is 2.71 bits per heavy atom. The van der Waals surface area contributed by atoms with E-state index in [1.807, 2.05) is 0 Å². The Morgan fingerprint density at radius 1 is 1.29 bits per heavy atom. The highest BCUT2D eigenvalue weighted by atomic mass is 19.1. The highest BCUT2D eigenvalue weighted by Gasteiger charge is 2.16. The Hall–Kier alpha value is -3.93. The summed E-state index contributed by atoms with van der Waals surface area (Å²) < 4.78 is 14.6. The van der Waals surface area contributed by atoms with E-state index in [-0.39, 0.29) is 17.3 Å². The van der Waals surface area contributed by atoms with Crippen LogP contribution in [-0.2, 0) is 6.42 Å². The molecule has 0 aliphatic carbocycles. The van der Waals surface area contributed by atoms with E-state index >= 15 is 0 Å². The summed E-state index contributed by atoms with van der Waals surface area (Å²) in [7, 11) is 0. The molecule has 0 radical (unpaired) electrons. The lowest BCUT2D eigenvalue weighted by molar-refractivity contribution is 0.0995. The molecule has 0 saturated heterocycles. The predicted molar refractivity (Wildman–Crippen MR) is 102 cm³/mol. The number of benzene rings is 1. The SMILES string of the molecule is N#Cc1c(CCCNc2ccnc(C(N)=O)c2)nn(-c2ccc(F)cc2)c1N. The molecule has 142 valence electrons. The Bertz CT molecular complexity index is 1040. The first-order valence-corrected chi connectivity index (χ1v) is 8.52. The number of aryl methyl sites for hydroxylation is 1. The molecule has 1 aromatic carbocycles. The standard InChI is InChI=1S/C19H18FN7O/c20-12-3-5-14(6-4-12)27-18(22)15(11-21)16(26-27)2-1-8-24-13-7-9-25-17(10-13)19(23)28/h3-7,9-10H,1-2,8,22H2,(H2,23,28)(H,24,25). The molecule has 0 saturated carbocycles. The Labute approximate surface area is 160 Å². The maximum absolute atomic E-state index is 13.1. The van der Waals surface area contributed by atoms with Crippen LogP contribution < -0.4 is 16.8 Å². The van der Waals surface area contributed by atoms with Crippen LogP contribution in [0.2, 0.25) is 0 Å². The van der Waals surface area contributed by atoms with Gasteiger partial charge in [0, 0.05) is 18.4 Å². The van der Waals surface area contributed by atoms with Crippen molar-refractivity contribution in [3.05, 3.63) is 65.4 Å². The Kier molecular flexibility index (Phi) is 5.50. The van der Waals surface area contributed by atoms with Crippen LogP contribution in [0.1, 0.15) is 28.2 Å². The highest BCUT2D eigenvalue weighted by molar-refractivity contribution is 5.91. The predicted octanol–water partition coefficient (Wildman–Crippen LogP) is 2.00. The number of anilines is 2. The molecule has 1 amide bonds. The zero-order valence-electron chi connectivity index (χ0n) is 14.9. The number of nitriles is 1. The van der Waals surface area contributed by atoms with E-state index in [0.717, 1.165) is 5.69 Å². The van der Waals surface area contributed by atoms with E-state index in [2.05, 4.69) is 21.5 Å². The zero-order chi connectivity index (χ0) is 20.1. The Balaban J connectivity index is 1.67. The van der Waals surface area contributed by atoms with Crippen molar-refractivity contribution in [2.24, 2.45) is 5.73 Å². The maximum Gasteiger partial charge on any atom is 0.267 e. The summed E-state index contributed by atoms with van der Waals surface area (Å²) in [6.07, 6.45) is 2.69. The normalized spacial score (nSPS) is 10.4. The summed E-state index contributed by atoms with van der Waals surface area (Å²) in [6, 6.07) is 11.1. The molecule has 0 spiro atoms. The van der Waals surface area contributed by atoms with Gasteiger partial charge in [0.2, 0.25) is 0 Å². The van der Waals surface area contributed by atoms with Gasteiger partial charge in [-0.3, -0.25) is 9.78 Å². The molecule has 8 nitrogen and oxygen atoms in total. The number of aromatic nitrogens is 3. The molecule has 0 aliphatic heterocycles. The molecular weight excluding hydrogens is 361 g/mol. The third-order valence-corrected chi connectivity index (χ3v) is 4.11. The van der Waals surface area contributed by atoms with E-state index in [9.17, 15) is 14.4 Å². The second kappa shape index (κ2) is 8.18. The number of nitrogens with zero attached hydrogens (tertiary/aromatic N) is 4. The number of nitrogens with two attached hydrogens (primary N) is 2. The minimum absolute atomic E-state index is 0.183. The molecule has 9 heteroatoms. The molecule has 0 fully saturated rings. The van der Waals surface area contributed by atoms with Crippen LogP contribution >= 0.6 is 0 Å². The van der Waals surface area contributed by atoms with Crippen LogP contribution in [0.15, 0.2) is 42.6 Å². The van der Waals surface area contributed by atoms with E-state index < -0.39 is 5.91 Å². The number of nitrogen functional groups attached to an aromatic ring is 1. The lowest BCUT2D eigenvalue weighted by Gasteiger charge is -2.06. The molecule has 3 aromatic rings. The topological polar surface area (TPSA) is 136 Å². The summed E-state index contributed by atoms with van der Waals surface area (Å²) in [4.78, 5) is 15.0. The van der Waals surface area contributed by atoms with Gasteiger partial charge >= 0.3 is 0 Å². The third-order valence-electron chi connectivity index (χ3n) is 4.11. The van der Waals surface area contributed by atoms with Gasteiger partial charge in [0.15, 0.2) is 0 Å². The van der Waals surface area contributed by atoms with Crippen molar-refractivity contribution >= 4 is 17.4 Å². The monoisotopic (exact) mass is 379 g/mol. The molecule has 0 aliphatic rings. The fraction of sp³-hybridized carbons (Fsp3) is 0.158. The number of amides is 1. The Morgan fingerprint density at radius 2 is 2.04 bits per heavy atom. The van der Waals surface area contributed by atoms with Crippen LogP contribution in [0.5, 0.6) is 0 Å². The number of carbonyl (C=O) groups excluding carboxylic acids is 1. The molecule has 3 rings (SSSR count). The number of hydrogen-bond acceptors (Lipinski definition) is 6. The van der Waals surface area contributed by atoms with Crippen LogP contribution in [0.4, 0.5) is 15.9 Å². The van der Waals surface area contributed by atoms with Crippen molar-refractivity contribution in [3.63, 3.8) is 0 Å². The summed E-state index contributed by atoms with van der Waals surface area (Å²) in [5.41, 5.74) is 13.6. The lowest BCUT2D eigenvalue weighted by atomic mass is 10.1. The third kappa shape index (κ3) is 4.07. The fourth-order valence-electron chi connectivity index (χ4n) is 2.72. The van der Waals surface area contributed by atoms with Crippen molar-refractivity contribution in [3.8, 4) is 11.8 Å². The number of nitrogens with one attached hydrogen (secondary N) is 1. The first-order chi connectivity index (χ1) is 13.5. The lowest BCUT2D eigenvalue weighted by Crippen LogP contribution is -2.13. The van der Waals surface area contributed by atoms with Gasteiger partial charge in [-0.05, 0) is 49.2 Å². The summed E-state index contributed by atoms with van der Waals surface area (Å²) in [5.74, 6) is -0.738. The minimum Gasteiger partial charge on any atom is -0.385 e. The van der Waals surface area contributed by atoms with Gasteiger partial charge in [-0.1, -0.05) is 0 Å². The molecule has 0 bridgehead atoms. The average Bonchev–Trinajstić information content (AvgIpc) is 3.01. The summed E-state index contributed by atoms with van der Waals surface area (Å²) in [5, 5.41) is 17.0. The number of primary amides is 1. The van der Waals surface area contributed by atoms with Gasteiger partial charge in [0.25, 0.3) is 5.91 Å². The number of rotatable bonds is 7. The summed E-state index contributed by atoms with van der Waals surface area (Å²) >= 11 is 0. The van der Waals surface area contributed by atoms with Crippen LogP contribution in [0.3, 0.4) is 0 Å². The molecular formula is C19H18FN7O. The van der Waals surface area contributed by atoms with Crippen molar-refractivity contribution in [1.82, 2.24) is 14.8 Å². The largest absolute Gasteiger partial charge is 0.385 e. The van der Waals surface area contributed by atoms with E-state index in [0.29, 0.717) is 36.3 Å². The van der Waals surface area contributed by atoms with Gasteiger partial charge < -0.3 is 16.8 Å². The molecule has 28 heavy (non-hydrogen) atoms. The van der Waals surface area contributed by atoms with E-state index in [4.69, 9.17) is 11.5 Å². The number of carbonyl (C=O) groups is 1. The molecule has 5 N–H and O–H groups in total. The average molecular weight is 379 g/mol. The van der Waals surface area contributed by atoms with E-state index in [1.165, 1.54) is 23.0 Å². The van der Waals surface area contributed by atoms with E-state index in [1.54, 1.807) is 24.3 Å². The van der Waals surface area contributed by atoms with Crippen LogP contribution in [0, 0.1) is 17.1 Å². The smallest absolute Gasteiger partial charge is 0.267 e. The second-order valence-corrected chi connectivity index (χ2v) is 6.03. The van der Waals surface area contributed by atoms with Gasteiger partial charge in [-0.15, -0.1) is 0 Å². The van der Waals surface area contributed by atoms with Gasteiger partial charge in [0.1, 0.15) is 29.0 Å². The highest BCUT2D eigenvalue weighted by Crippen LogP contribution is 2.22. The molecule has 2 heterocycles. The van der Waals surface area contributed by atoms with Crippen molar-refractivity contribution in [2.75, 3.05) is 17.6 Å². The first-order valence-electron chi connectivity index (χ1n) is 8.52. The quantitative estimate of drug-likeness (QED) is 0.537. The van der Waals surface area contributed by atoms with Gasteiger partial charge in [-0.2, -0.15) is 10.4 Å². The van der Waals surface area contributed by atoms with Crippen molar-refractivity contribution in [1.29, 1.82) is 5.26 Å². The van der Waals surface area contributed by atoms with Crippen molar-refractivity contribution < 1.29 is 9.18 Å². The zero-order valence-corrected chi connectivity index (χ0v) is 14.9. The van der Waals surface area contributed by atoms with Gasteiger partial charge in [-0.25, -0.2) is 9.07 Å². The second-order valence-electron chi connectivity index (χ2n) is 6.03. The number of pyridine rings is 1. The van der Waals surface area contributed by atoms with Gasteiger partial charge in [0.05, 0.1) is 11.4 Å². The number of hydrogen-bond donors (Lipinski definition) is 3. The van der Waals surface area contributed by atoms with Crippen molar-refractivity contribution in [2.45, 2.75) is 12.8 Å².